The second kappa shape index (κ2) is 3.37. The number of carbonyl (C=O) groups is 1. The Hall–Kier alpha value is -1.04. The summed E-state index contributed by atoms with van der Waals surface area (Å²) in [7, 11) is 0. The number of amides is 1. The first-order valence-corrected chi connectivity index (χ1v) is 4.67. The van der Waals surface area contributed by atoms with E-state index in [0.717, 1.165) is 12.5 Å². The summed E-state index contributed by atoms with van der Waals surface area (Å²) in [6, 6.07) is 1.98. The molecule has 1 aliphatic carbocycles. The van der Waals surface area contributed by atoms with Crippen LogP contribution in [-0.4, -0.2) is 12.5 Å². The van der Waals surface area contributed by atoms with Gasteiger partial charge < -0.3 is 5.32 Å². The lowest BCUT2D eigenvalue weighted by molar-refractivity contribution is -0.126. The maximum atomic E-state index is 11.4. The van der Waals surface area contributed by atoms with Crippen molar-refractivity contribution in [2.45, 2.75) is 27.2 Å². The van der Waals surface area contributed by atoms with Crippen LogP contribution < -0.4 is 5.32 Å². The molecule has 0 spiro atoms. The van der Waals surface area contributed by atoms with E-state index < -0.39 is 5.41 Å². The van der Waals surface area contributed by atoms with Crippen LogP contribution in [0.25, 0.3) is 0 Å². The number of hydrogen-bond acceptors (Lipinski definition) is 2. The number of nitrogens with one attached hydrogen (secondary N) is 1. The molecule has 3 heteroatoms. The quantitative estimate of drug-likeness (QED) is 0.712. The van der Waals surface area contributed by atoms with Gasteiger partial charge in [-0.15, -0.1) is 0 Å². The first kappa shape index (κ1) is 10.0. The van der Waals surface area contributed by atoms with Gasteiger partial charge in [-0.1, -0.05) is 6.92 Å². The molecule has 2 unspecified atom stereocenters. The normalized spacial score (nSPS) is 26.3. The van der Waals surface area contributed by atoms with Crippen molar-refractivity contribution >= 4 is 5.91 Å². The van der Waals surface area contributed by atoms with Crippen LogP contribution in [0.1, 0.15) is 27.2 Å². The summed E-state index contributed by atoms with van der Waals surface area (Å²) >= 11 is 0. The predicted molar refractivity (Wildman–Crippen MR) is 49.7 cm³/mol. The molecular formula is C10H16N2O. The smallest absolute Gasteiger partial charge is 0.239 e. The summed E-state index contributed by atoms with van der Waals surface area (Å²) in [6.45, 7) is 6.18. The Bertz CT molecular complexity index is 252. The Balaban J connectivity index is 2.30. The summed E-state index contributed by atoms with van der Waals surface area (Å²) < 4.78 is 0. The molecule has 1 aliphatic rings. The van der Waals surface area contributed by atoms with Crippen molar-refractivity contribution < 1.29 is 4.79 Å². The van der Waals surface area contributed by atoms with E-state index in [1.54, 1.807) is 13.8 Å². The van der Waals surface area contributed by atoms with Gasteiger partial charge in [0.05, 0.1) is 6.07 Å². The van der Waals surface area contributed by atoms with Crippen molar-refractivity contribution in [3.63, 3.8) is 0 Å². The van der Waals surface area contributed by atoms with Gasteiger partial charge in [-0.05, 0) is 32.1 Å². The Labute approximate surface area is 79.1 Å². The molecule has 0 aromatic carbocycles. The average Bonchev–Trinajstić information content (AvgIpc) is 2.77. The van der Waals surface area contributed by atoms with Crippen LogP contribution in [0.15, 0.2) is 0 Å². The fraction of sp³-hybridized carbons (Fsp3) is 0.800. The highest BCUT2D eigenvalue weighted by Crippen LogP contribution is 2.36. The molecule has 1 N–H and O–H groups in total. The van der Waals surface area contributed by atoms with Crippen molar-refractivity contribution in [2.75, 3.05) is 6.54 Å². The highest BCUT2D eigenvalue weighted by molar-refractivity contribution is 5.84. The molecule has 1 saturated carbocycles. The molecule has 0 aromatic rings. The largest absolute Gasteiger partial charge is 0.354 e. The molecule has 0 aliphatic heterocycles. The highest BCUT2D eigenvalue weighted by atomic mass is 16.2. The maximum Gasteiger partial charge on any atom is 0.239 e. The summed E-state index contributed by atoms with van der Waals surface area (Å²) in [5, 5.41) is 11.5. The van der Waals surface area contributed by atoms with Crippen LogP contribution in [0, 0.1) is 28.6 Å². The Morgan fingerprint density at radius 1 is 1.69 bits per heavy atom. The first-order valence-electron chi connectivity index (χ1n) is 4.67. The minimum Gasteiger partial charge on any atom is -0.354 e. The van der Waals surface area contributed by atoms with E-state index in [0.29, 0.717) is 5.92 Å². The molecule has 0 radical (unpaired) electrons. The lowest BCUT2D eigenvalue weighted by atomic mass is 9.95. The van der Waals surface area contributed by atoms with E-state index in [-0.39, 0.29) is 5.91 Å². The van der Waals surface area contributed by atoms with Crippen molar-refractivity contribution in [1.29, 1.82) is 5.26 Å². The lowest BCUT2D eigenvalue weighted by Crippen LogP contribution is -2.37. The molecule has 2 atom stereocenters. The van der Waals surface area contributed by atoms with Gasteiger partial charge in [0.15, 0.2) is 0 Å². The molecule has 0 aromatic heterocycles. The zero-order valence-corrected chi connectivity index (χ0v) is 8.42. The van der Waals surface area contributed by atoms with Crippen molar-refractivity contribution in [2.24, 2.45) is 17.3 Å². The highest BCUT2D eigenvalue weighted by Gasteiger charge is 2.34. The minimum atomic E-state index is -0.891. The SMILES string of the molecule is CC1CC1CNC(=O)C(C)(C)C#N. The van der Waals surface area contributed by atoms with Crippen molar-refractivity contribution in [1.82, 2.24) is 5.32 Å². The van der Waals surface area contributed by atoms with Gasteiger partial charge in [0.1, 0.15) is 5.41 Å². The molecule has 1 fully saturated rings. The summed E-state index contributed by atoms with van der Waals surface area (Å²) in [5.41, 5.74) is -0.891. The van der Waals surface area contributed by atoms with Crippen LogP contribution in [-0.2, 0) is 4.79 Å². The molecule has 72 valence electrons. The second-order valence-corrected chi connectivity index (χ2v) is 4.42. The van der Waals surface area contributed by atoms with Gasteiger partial charge in [-0.25, -0.2) is 0 Å². The van der Waals surface area contributed by atoms with Gasteiger partial charge in [0, 0.05) is 6.54 Å². The minimum absolute atomic E-state index is 0.158. The molecule has 0 saturated heterocycles. The molecule has 0 heterocycles. The van der Waals surface area contributed by atoms with Crippen LogP contribution in [0.5, 0.6) is 0 Å². The third-order valence-electron chi connectivity index (χ3n) is 2.65. The maximum absolute atomic E-state index is 11.4. The van der Waals surface area contributed by atoms with E-state index in [1.807, 2.05) is 6.07 Å². The zero-order chi connectivity index (χ0) is 10.1. The summed E-state index contributed by atoms with van der Waals surface area (Å²) in [5.74, 6) is 1.22. The Morgan fingerprint density at radius 3 is 2.62 bits per heavy atom. The van der Waals surface area contributed by atoms with Gasteiger partial charge in [0.25, 0.3) is 0 Å². The van der Waals surface area contributed by atoms with Gasteiger partial charge >= 0.3 is 0 Å². The van der Waals surface area contributed by atoms with Crippen LogP contribution in [0.2, 0.25) is 0 Å². The Kier molecular flexibility index (Phi) is 2.60. The molecule has 3 nitrogen and oxygen atoms in total. The van der Waals surface area contributed by atoms with E-state index in [4.69, 9.17) is 5.26 Å². The number of nitriles is 1. The molecule has 0 bridgehead atoms. The monoisotopic (exact) mass is 180 g/mol. The van der Waals surface area contributed by atoms with E-state index in [2.05, 4.69) is 12.2 Å². The number of rotatable bonds is 3. The predicted octanol–water partition coefficient (Wildman–Crippen LogP) is 1.31. The topological polar surface area (TPSA) is 52.9 Å². The fourth-order valence-corrected chi connectivity index (χ4v) is 1.18. The number of nitrogens with zero attached hydrogens (tertiary/aromatic N) is 1. The van der Waals surface area contributed by atoms with E-state index >= 15 is 0 Å². The van der Waals surface area contributed by atoms with Crippen LogP contribution >= 0.6 is 0 Å². The first-order chi connectivity index (χ1) is 5.97. The molecule has 1 rings (SSSR count). The van der Waals surface area contributed by atoms with Crippen molar-refractivity contribution in [3.05, 3.63) is 0 Å². The summed E-state index contributed by atoms with van der Waals surface area (Å²) in [4.78, 5) is 11.4. The number of carbonyl (C=O) groups excluding carboxylic acids is 1. The second-order valence-electron chi connectivity index (χ2n) is 4.42. The van der Waals surface area contributed by atoms with Crippen molar-refractivity contribution in [3.8, 4) is 6.07 Å². The zero-order valence-electron chi connectivity index (χ0n) is 8.42. The van der Waals surface area contributed by atoms with Gasteiger partial charge in [-0.2, -0.15) is 5.26 Å². The molecule has 13 heavy (non-hydrogen) atoms. The van der Waals surface area contributed by atoms with Gasteiger partial charge in [-0.3, -0.25) is 4.79 Å². The molecular weight excluding hydrogens is 164 g/mol. The van der Waals surface area contributed by atoms with E-state index in [1.165, 1.54) is 6.42 Å². The fourth-order valence-electron chi connectivity index (χ4n) is 1.18. The average molecular weight is 180 g/mol. The molecule has 1 amide bonds. The van der Waals surface area contributed by atoms with E-state index in [9.17, 15) is 4.79 Å². The number of hydrogen-bond donors (Lipinski definition) is 1. The Morgan fingerprint density at radius 2 is 2.23 bits per heavy atom. The van der Waals surface area contributed by atoms with Crippen LogP contribution in [0.3, 0.4) is 0 Å². The van der Waals surface area contributed by atoms with Gasteiger partial charge in [0.2, 0.25) is 5.91 Å². The third-order valence-corrected chi connectivity index (χ3v) is 2.65. The third kappa shape index (κ3) is 2.45. The standard InChI is InChI=1S/C10H16N2O/c1-7-4-8(7)5-12-9(13)10(2,3)6-11/h7-8H,4-5H2,1-3H3,(H,12,13). The van der Waals surface area contributed by atoms with Crippen LogP contribution in [0.4, 0.5) is 0 Å². The lowest BCUT2D eigenvalue weighted by Gasteiger charge is -2.14. The summed E-state index contributed by atoms with van der Waals surface area (Å²) in [6.07, 6.45) is 1.20.